The van der Waals surface area contributed by atoms with E-state index in [2.05, 4.69) is 32.9 Å². The molecular weight excluding hydrogens is 302 g/mol. The van der Waals surface area contributed by atoms with Gasteiger partial charge >= 0.3 is 0 Å². The molecule has 1 nitrogen and oxygen atoms in total. The lowest BCUT2D eigenvalue weighted by molar-refractivity contribution is 0.535. The first-order chi connectivity index (χ1) is 12.2. The van der Waals surface area contributed by atoms with Crippen LogP contribution in [0.1, 0.15) is 114 Å². The lowest BCUT2D eigenvalue weighted by Gasteiger charge is -2.11. The van der Waals surface area contributed by atoms with Crippen molar-refractivity contribution < 1.29 is 0 Å². The topological polar surface area (TPSA) is 26.0 Å². The van der Waals surface area contributed by atoms with Crippen LogP contribution in [0.15, 0.2) is 12.1 Å². The van der Waals surface area contributed by atoms with Gasteiger partial charge in [-0.3, -0.25) is 0 Å². The molecule has 0 spiro atoms. The van der Waals surface area contributed by atoms with Gasteiger partial charge in [-0.1, -0.05) is 96.5 Å². The summed E-state index contributed by atoms with van der Waals surface area (Å²) in [7, 11) is 0. The summed E-state index contributed by atoms with van der Waals surface area (Å²) in [6.07, 6.45) is 21.2. The van der Waals surface area contributed by atoms with E-state index < -0.39 is 0 Å². The molecule has 1 rings (SSSR count). The van der Waals surface area contributed by atoms with Gasteiger partial charge < -0.3 is 5.73 Å². The van der Waals surface area contributed by atoms with Crippen molar-refractivity contribution >= 4 is 5.69 Å². The highest BCUT2D eigenvalue weighted by Gasteiger charge is 2.04. The standard InChI is InChI=1S/C24H43N/c1-4-5-6-7-8-9-10-11-12-13-14-15-16-17-18-23-19-20-24(25)22(3)21(23)2/h19-20H,4-18,25H2,1-3H3. The largest absolute Gasteiger partial charge is 0.399 e. The van der Waals surface area contributed by atoms with E-state index in [1.54, 1.807) is 0 Å². The number of unbranched alkanes of at least 4 members (excludes halogenated alkanes) is 13. The summed E-state index contributed by atoms with van der Waals surface area (Å²) in [5.41, 5.74) is 11.1. The van der Waals surface area contributed by atoms with E-state index in [4.69, 9.17) is 5.73 Å². The van der Waals surface area contributed by atoms with Crippen molar-refractivity contribution in [2.75, 3.05) is 5.73 Å². The van der Waals surface area contributed by atoms with Gasteiger partial charge in [0.1, 0.15) is 0 Å². The maximum Gasteiger partial charge on any atom is 0.0346 e. The van der Waals surface area contributed by atoms with Crippen LogP contribution in [-0.4, -0.2) is 0 Å². The van der Waals surface area contributed by atoms with E-state index in [-0.39, 0.29) is 0 Å². The van der Waals surface area contributed by atoms with Crippen LogP contribution >= 0.6 is 0 Å². The summed E-state index contributed by atoms with van der Waals surface area (Å²) in [6.45, 7) is 6.64. The van der Waals surface area contributed by atoms with Crippen LogP contribution in [0.2, 0.25) is 0 Å². The molecule has 0 atom stereocenters. The molecule has 0 aliphatic carbocycles. The Kier molecular flexibility index (Phi) is 12.5. The molecule has 25 heavy (non-hydrogen) atoms. The Balaban J connectivity index is 1.90. The van der Waals surface area contributed by atoms with Gasteiger partial charge in [0.05, 0.1) is 0 Å². The average molecular weight is 346 g/mol. The molecule has 0 fully saturated rings. The average Bonchev–Trinajstić information content (AvgIpc) is 2.61. The van der Waals surface area contributed by atoms with E-state index in [0.717, 1.165) is 5.69 Å². The van der Waals surface area contributed by atoms with Gasteiger partial charge in [-0.2, -0.15) is 0 Å². The van der Waals surface area contributed by atoms with Crippen LogP contribution in [0.3, 0.4) is 0 Å². The molecular formula is C24H43N. The van der Waals surface area contributed by atoms with Crippen molar-refractivity contribution in [3.63, 3.8) is 0 Å². The molecule has 0 amide bonds. The minimum Gasteiger partial charge on any atom is -0.399 e. The van der Waals surface area contributed by atoms with Crippen molar-refractivity contribution in [3.8, 4) is 0 Å². The fourth-order valence-corrected chi connectivity index (χ4v) is 3.68. The molecule has 0 unspecified atom stereocenters. The molecule has 0 saturated heterocycles. The third-order valence-corrected chi connectivity index (χ3v) is 5.74. The fourth-order valence-electron chi connectivity index (χ4n) is 3.68. The lowest BCUT2D eigenvalue weighted by atomic mass is 9.97. The van der Waals surface area contributed by atoms with Crippen LogP contribution in [0, 0.1) is 13.8 Å². The van der Waals surface area contributed by atoms with Gasteiger partial charge in [0.15, 0.2) is 0 Å². The van der Waals surface area contributed by atoms with Gasteiger partial charge in [-0.15, -0.1) is 0 Å². The lowest BCUT2D eigenvalue weighted by Crippen LogP contribution is -1.97. The van der Waals surface area contributed by atoms with E-state index >= 15 is 0 Å². The number of benzene rings is 1. The van der Waals surface area contributed by atoms with Crippen molar-refractivity contribution in [1.29, 1.82) is 0 Å². The molecule has 1 heteroatoms. The predicted octanol–water partition coefficient (Wildman–Crippen LogP) is 7.91. The minimum atomic E-state index is 0.933. The third-order valence-electron chi connectivity index (χ3n) is 5.74. The smallest absolute Gasteiger partial charge is 0.0346 e. The van der Waals surface area contributed by atoms with Crippen LogP contribution in [0.25, 0.3) is 0 Å². The number of aryl methyl sites for hydroxylation is 1. The molecule has 2 N–H and O–H groups in total. The van der Waals surface area contributed by atoms with Crippen LogP contribution in [0.5, 0.6) is 0 Å². The summed E-state index contributed by atoms with van der Waals surface area (Å²) in [5.74, 6) is 0. The Bertz CT molecular complexity index is 450. The molecule has 0 aliphatic heterocycles. The predicted molar refractivity (Wildman–Crippen MR) is 114 cm³/mol. The molecule has 0 aliphatic rings. The fraction of sp³-hybridized carbons (Fsp3) is 0.750. The van der Waals surface area contributed by atoms with E-state index in [9.17, 15) is 0 Å². The number of hydrogen-bond acceptors (Lipinski definition) is 1. The molecule has 1 aromatic rings. The number of rotatable bonds is 15. The number of anilines is 1. The summed E-state index contributed by atoms with van der Waals surface area (Å²) in [4.78, 5) is 0. The third kappa shape index (κ3) is 9.92. The maximum atomic E-state index is 5.97. The highest BCUT2D eigenvalue weighted by atomic mass is 14.6. The molecule has 0 bridgehead atoms. The second-order valence-corrected chi connectivity index (χ2v) is 7.91. The first-order valence-electron chi connectivity index (χ1n) is 11.0. The number of hydrogen-bond donors (Lipinski definition) is 1. The van der Waals surface area contributed by atoms with Gasteiger partial charge in [0.25, 0.3) is 0 Å². The number of nitrogen functional groups attached to an aromatic ring is 1. The summed E-state index contributed by atoms with van der Waals surface area (Å²) in [5, 5.41) is 0. The molecule has 144 valence electrons. The maximum absolute atomic E-state index is 5.97. The van der Waals surface area contributed by atoms with Crippen molar-refractivity contribution in [2.24, 2.45) is 0 Å². The normalized spacial score (nSPS) is 11.2. The Morgan fingerprint density at radius 2 is 1.04 bits per heavy atom. The van der Waals surface area contributed by atoms with Gasteiger partial charge in [0, 0.05) is 5.69 Å². The second-order valence-electron chi connectivity index (χ2n) is 7.91. The van der Waals surface area contributed by atoms with Gasteiger partial charge in [0.2, 0.25) is 0 Å². The van der Waals surface area contributed by atoms with Gasteiger partial charge in [-0.05, 0) is 49.4 Å². The SMILES string of the molecule is CCCCCCCCCCCCCCCCc1ccc(N)c(C)c1C. The molecule has 0 radical (unpaired) electrons. The van der Waals surface area contributed by atoms with Gasteiger partial charge in [-0.25, -0.2) is 0 Å². The highest BCUT2D eigenvalue weighted by Crippen LogP contribution is 2.21. The monoisotopic (exact) mass is 345 g/mol. The van der Waals surface area contributed by atoms with Crippen molar-refractivity contribution in [1.82, 2.24) is 0 Å². The quantitative estimate of drug-likeness (QED) is 0.253. The molecule has 1 aromatic carbocycles. The zero-order valence-electron chi connectivity index (χ0n) is 17.3. The summed E-state index contributed by atoms with van der Waals surface area (Å²) >= 11 is 0. The summed E-state index contributed by atoms with van der Waals surface area (Å²) < 4.78 is 0. The Morgan fingerprint density at radius 3 is 1.52 bits per heavy atom. The zero-order chi connectivity index (χ0) is 18.3. The first-order valence-corrected chi connectivity index (χ1v) is 11.0. The first kappa shape index (κ1) is 22.1. The molecule has 0 aromatic heterocycles. The van der Waals surface area contributed by atoms with E-state index in [1.807, 2.05) is 0 Å². The Hall–Kier alpha value is -0.980. The van der Waals surface area contributed by atoms with Crippen molar-refractivity contribution in [3.05, 3.63) is 28.8 Å². The minimum absolute atomic E-state index is 0.933. The number of nitrogens with two attached hydrogens (primary N) is 1. The summed E-state index contributed by atoms with van der Waals surface area (Å²) in [6, 6.07) is 4.29. The van der Waals surface area contributed by atoms with E-state index in [1.165, 1.54) is 113 Å². The van der Waals surface area contributed by atoms with Crippen LogP contribution in [0.4, 0.5) is 5.69 Å². The molecule has 0 heterocycles. The zero-order valence-corrected chi connectivity index (χ0v) is 17.3. The Labute approximate surface area is 157 Å². The van der Waals surface area contributed by atoms with Crippen molar-refractivity contribution in [2.45, 2.75) is 117 Å². The highest BCUT2D eigenvalue weighted by molar-refractivity contribution is 5.52. The molecule has 0 saturated carbocycles. The van der Waals surface area contributed by atoms with Crippen LogP contribution in [-0.2, 0) is 6.42 Å². The second kappa shape index (κ2) is 14.2. The van der Waals surface area contributed by atoms with Crippen LogP contribution < -0.4 is 5.73 Å². The van der Waals surface area contributed by atoms with E-state index in [0.29, 0.717) is 0 Å². The Morgan fingerprint density at radius 1 is 0.600 bits per heavy atom.